The number of anilines is 1. The van der Waals surface area contributed by atoms with Gasteiger partial charge in [-0.15, -0.1) is 0 Å². The molecule has 6 aliphatic rings. The number of rotatable bonds is 6. The third-order valence-electron chi connectivity index (χ3n) is 14.8. The first-order chi connectivity index (χ1) is 27.4. The van der Waals surface area contributed by atoms with Crippen LogP contribution in [0.25, 0.3) is 10.9 Å². The van der Waals surface area contributed by atoms with Crippen molar-refractivity contribution in [1.82, 2.24) is 14.8 Å². The number of hydrogen-bond donors (Lipinski definition) is 2. The van der Waals surface area contributed by atoms with Crippen molar-refractivity contribution in [2.45, 2.75) is 87.6 Å². The smallest absolute Gasteiger partial charge is 0.344 e. The number of aromatic nitrogens is 1. The van der Waals surface area contributed by atoms with Gasteiger partial charge < -0.3 is 33.9 Å². The summed E-state index contributed by atoms with van der Waals surface area (Å²) in [5, 5.41) is 14.4. The lowest BCUT2D eigenvalue weighted by Gasteiger charge is -2.63. The van der Waals surface area contributed by atoms with E-state index >= 15 is 4.79 Å². The number of methoxy groups -OCH3 is 3. The SMILES string of the molecule is C/C=C1\CC2CN(C1)Cc1c([nH]c3ccccc13)[C@@](C(=O)OC)(c1cc3c(cc1OC)N(C)[C@H]1[C@@](O)(C(=O)OC)[C@H](OC(C)=O)[C@]4(CC)C=CCN5CC[C@]31[C@@H]54)C2. The van der Waals surface area contributed by atoms with Gasteiger partial charge >= 0.3 is 17.9 Å². The average molecular weight is 779 g/mol. The van der Waals surface area contributed by atoms with E-state index in [-0.39, 0.29) is 17.9 Å². The van der Waals surface area contributed by atoms with Crippen LogP contribution >= 0.6 is 0 Å². The molecule has 12 heteroatoms. The maximum Gasteiger partial charge on any atom is 0.344 e. The van der Waals surface area contributed by atoms with Crippen LogP contribution in [0.4, 0.5) is 5.69 Å². The molecule has 1 saturated carbocycles. The van der Waals surface area contributed by atoms with Crippen LogP contribution in [0.2, 0.25) is 0 Å². The van der Waals surface area contributed by atoms with Crippen LogP contribution < -0.4 is 9.64 Å². The number of para-hydroxylation sites is 1. The zero-order valence-electron chi connectivity index (χ0n) is 34.0. The molecule has 2 unspecified atom stereocenters. The van der Waals surface area contributed by atoms with Gasteiger partial charge in [-0.2, -0.15) is 0 Å². The van der Waals surface area contributed by atoms with E-state index in [1.165, 1.54) is 26.7 Å². The number of H-pyrrole nitrogens is 1. The van der Waals surface area contributed by atoms with Crippen LogP contribution in [-0.2, 0) is 46.0 Å². The molecule has 1 spiro atoms. The zero-order chi connectivity index (χ0) is 40.2. The third kappa shape index (κ3) is 4.80. The van der Waals surface area contributed by atoms with Crippen molar-refractivity contribution >= 4 is 34.5 Å². The molecule has 0 radical (unpaired) electrons. The molecule has 2 bridgehead atoms. The molecular formula is C45H54N4O8. The number of piperidine rings is 1. The Morgan fingerprint density at radius 3 is 2.51 bits per heavy atom. The highest BCUT2D eigenvalue weighted by atomic mass is 16.6. The number of carbonyl (C=O) groups excluding carboxylic acids is 3. The van der Waals surface area contributed by atoms with E-state index in [2.05, 4.69) is 58.1 Å². The molecule has 302 valence electrons. The van der Waals surface area contributed by atoms with Gasteiger partial charge in [-0.1, -0.05) is 48.9 Å². The Morgan fingerprint density at radius 2 is 1.81 bits per heavy atom. The van der Waals surface area contributed by atoms with Gasteiger partial charge in [0.15, 0.2) is 6.10 Å². The van der Waals surface area contributed by atoms with Crippen molar-refractivity contribution in [3.63, 3.8) is 0 Å². The standard InChI is InChI=1S/C45H54N4O8/c1-8-27-19-28-22-44(40(51)55-6,36-30(25-48(23-27)24-28)29-13-10-11-14-33(29)46-36)32-20-31-34(21-35(32)54-5)47(4)38-43(31)16-18-49-17-12-15-42(9-2,37(43)49)39(57-26(3)50)45(38,53)41(52)56-7/h8,10-15,20-21,28,37-39,46,53H,9,16-19,22-25H2,1-7H3/b27-8+/t28?,37-,38+,39+,42+,43+,44-,45-/m0/s1. The highest BCUT2D eigenvalue weighted by Crippen LogP contribution is 2.68. The number of allylic oxidation sites excluding steroid dienone is 1. The molecular weight excluding hydrogens is 725 g/mol. The minimum absolute atomic E-state index is 0.122. The van der Waals surface area contributed by atoms with Gasteiger partial charge in [0.05, 0.1) is 27.4 Å². The Labute approximate surface area is 333 Å². The van der Waals surface area contributed by atoms with Crippen LogP contribution in [-0.4, -0.2) is 116 Å². The molecule has 3 fully saturated rings. The van der Waals surface area contributed by atoms with Crippen molar-refractivity contribution in [3.05, 3.63) is 82.6 Å². The predicted molar refractivity (Wildman–Crippen MR) is 214 cm³/mol. The molecule has 6 heterocycles. The number of esters is 3. The largest absolute Gasteiger partial charge is 0.496 e. The van der Waals surface area contributed by atoms with Gasteiger partial charge in [-0.25, -0.2) is 4.79 Å². The second-order valence-electron chi connectivity index (χ2n) is 17.3. The summed E-state index contributed by atoms with van der Waals surface area (Å²) in [4.78, 5) is 53.1. The van der Waals surface area contributed by atoms with Crippen molar-refractivity contribution in [1.29, 1.82) is 0 Å². The number of aliphatic hydroxyl groups is 1. The molecule has 2 saturated heterocycles. The van der Waals surface area contributed by atoms with Gasteiger partial charge in [-0.3, -0.25) is 19.4 Å². The van der Waals surface area contributed by atoms with E-state index in [0.717, 1.165) is 52.9 Å². The maximum atomic E-state index is 15.2. The van der Waals surface area contributed by atoms with Crippen molar-refractivity contribution in [3.8, 4) is 5.75 Å². The number of hydrogen-bond acceptors (Lipinski definition) is 11. The minimum atomic E-state index is -2.27. The fourth-order valence-corrected chi connectivity index (χ4v) is 13.0. The molecule has 57 heavy (non-hydrogen) atoms. The van der Waals surface area contributed by atoms with Gasteiger partial charge in [0.25, 0.3) is 0 Å². The molecule has 2 N–H and O–H groups in total. The Kier molecular flexibility index (Phi) is 8.77. The van der Waals surface area contributed by atoms with E-state index in [1.807, 2.05) is 37.1 Å². The highest BCUT2D eigenvalue weighted by molar-refractivity contribution is 5.95. The Bertz CT molecular complexity index is 2250. The predicted octanol–water partition coefficient (Wildman–Crippen LogP) is 4.75. The third-order valence-corrected chi connectivity index (χ3v) is 14.8. The second-order valence-corrected chi connectivity index (χ2v) is 17.3. The van der Waals surface area contributed by atoms with E-state index < -0.39 is 45.9 Å². The van der Waals surface area contributed by atoms with Crippen LogP contribution in [0.3, 0.4) is 0 Å². The number of aromatic amines is 1. The van der Waals surface area contributed by atoms with E-state index in [4.69, 9.17) is 18.9 Å². The van der Waals surface area contributed by atoms with Crippen LogP contribution in [0.1, 0.15) is 68.8 Å². The average Bonchev–Trinajstić information content (AvgIpc) is 3.87. The first-order valence-corrected chi connectivity index (χ1v) is 20.3. The number of carbonyl (C=O) groups is 3. The number of fused-ring (bicyclic) bond motifs is 6. The number of ether oxygens (including phenoxy) is 4. The Balaban J connectivity index is 1.37. The van der Waals surface area contributed by atoms with E-state index in [9.17, 15) is 14.7 Å². The van der Waals surface area contributed by atoms with Gasteiger partial charge in [0.2, 0.25) is 5.60 Å². The summed E-state index contributed by atoms with van der Waals surface area (Å²) in [7, 11) is 6.23. The molecule has 5 aliphatic heterocycles. The van der Waals surface area contributed by atoms with Crippen LogP contribution in [0, 0.1) is 11.3 Å². The summed E-state index contributed by atoms with van der Waals surface area (Å²) in [6.07, 6.45) is 7.51. The number of benzene rings is 2. The van der Waals surface area contributed by atoms with Gasteiger partial charge in [0, 0.05) is 90.9 Å². The first-order valence-electron chi connectivity index (χ1n) is 20.3. The summed E-state index contributed by atoms with van der Waals surface area (Å²) in [6.45, 7) is 9.14. The minimum Gasteiger partial charge on any atom is -0.496 e. The Morgan fingerprint density at radius 1 is 1.04 bits per heavy atom. The molecule has 0 amide bonds. The molecule has 9 atom stereocenters. The van der Waals surface area contributed by atoms with Crippen LogP contribution in [0.5, 0.6) is 5.75 Å². The van der Waals surface area contributed by atoms with E-state index in [0.29, 0.717) is 50.2 Å². The van der Waals surface area contributed by atoms with Crippen molar-refractivity contribution in [2.75, 3.05) is 59.5 Å². The monoisotopic (exact) mass is 778 g/mol. The summed E-state index contributed by atoms with van der Waals surface area (Å²) in [6, 6.07) is 11.2. The summed E-state index contributed by atoms with van der Waals surface area (Å²) < 4.78 is 23.9. The fourth-order valence-electron chi connectivity index (χ4n) is 13.0. The van der Waals surface area contributed by atoms with Crippen molar-refractivity contribution < 1.29 is 38.4 Å². The number of likely N-dealkylation sites (N-methyl/N-ethyl adjacent to an activating group) is 1. The van der Waals surface area contributed by atoms with Gasteiger partial charge in [-0.05, 0) is 68.3 Å². The fraction of sp³-hybridized carbons (Fsp3) is 0.533. The Hall–Kier alpha value is -4.65. The molecule has 1 aromatic heterocycles. The lowest BCUT2D eigenvalue weighted by Crippen LogP contribution is -2.81. The highest BCUT2D eigenvalue weighted by Gasteiger charge is 2.80. The number of nitrogens with zero attached hydrogens (tertiary/aromatic N) is 3. The lowest BCUT2D eigenvalue weighted by molar-refractivity contribution is -0.228. The summed E-state index contributed by atoms with van der Waals surface area (Å²) in [5.74, 6) is -1.20. The van der Waals surface area contributed by atoms with Crippen LogP contribution in [0.15, 0.2) is 60.2 Å². The molecule has 1 aliphatic carbocycles. The maximum absolute atomic E-state index is 15.2. The zero-order valence-corrected chi connectivity index (χ0v) is 34.0. The molecule has 3 aromatic rings. The topological polar surface area (TPSA) is 134 Å². The summed E-state index contributed by atoms with van der Waals surface area (Å²) >= 11 is 0. The summed E-state index contributed by atoms with van der Waals surface area (Å²) in [5.41, 5.74) is 1.10. The molecule has 12 nitrogen and oxygen atoms in total. The van der Waals surface area contributed by atoms with Gasteiger partial charge in [0.1, 0.15) is 11.2 Å². The molecule has 2 aromatic carbocycles. The second kappa shape index (κ2) is 13.2. The number of nitrogens with one attached hydrogen (secondary N) is 1. The lowest BCUT2D eigenvalue weighted by atomic mass is 9.47. The molecule has 9 rings (SSSR count). The van der Waals surface area contributed by atoms with E-state index in [1.54, 1.807) is 7.11 Å². The quantitative estimate of drug-likeness (QED) is 0.204. The van der Waals surface area contributed by atoms with Crippen molar-refractivity contribution in [2.24, 2.45) is 11.3 Å². The first kappa shape index (κ1) is 37.9. The normalized spacial score (nSPS) is 35.8.